The molecule has 190 valence electrons. The predicted molar refractivity (Wildman–Crippen MR) is 140 cm³/mol. The van der Waals surface area contributed by atoms with E-state index in [2.05, 4.69) is 10.3 Å². The number of hydrogen-bond donors (Lipinski definition) is 4. The van der Waals surface area contributed by atoms with E-state index in [1.807, 2.05) is 42.2 Å². The van der Waals surface area contributed by atoms with Gasteiger partial charge in [-0.1, -0.05) is 41.6 Å². The molecule has 6 N–H and O–H groups in total. The van der Waals surface area contributed by atoms with Crippen LogP contribution in [0.4, 0.5) is 5.69 Å². The molecule has 1 aromatic heterocycles. The van der Waals surface area contributed by atoms with Crippen LogP contribution in [0.1, 0.15) is 28.7 Å². The zero-order valence-electron chi connectivity index (χ0n) is 20.0. The SMILES string of the molecule is Cc1cc(C(O)N2CCc3cc(-c4ccccc4S(N)(=O)=O)ccc32)n(-c2cccc(/C(N)=N/O)c2)n1. The summed E-state index contributed by atoms with van der Waals surface area (Å²) >= 11 is 0. The summed E-state index contributed by atoms with van der Waals surface area (Å²) in [6, 6.07) is 21.1. The number of nitrogens with two attached hydrogens (primary N) is 2. The first-order valence-electron chi connectivity index (χ1n) is 11.5. The van der Waals surface area contributed by atoms with Crippen LogP contribution < -0.4 is 15.8 Å². The molecular formula is C26H26N6O4S. The zero-order valence-corrected chi connectivity index (χ0v) is 20.8. The molecule has 2 heterocycles. The topological polar surface area (TPSA) is 160 Å². The minimum Gasteiger partial charge on any atom is -0.409 e. The second-order valence-corrected chi connectivity index (χ2v) is 10.4. The molecule has 5 rings (SSSR count). The second-order valence-electron chi connectivity index (χ2n) is 8.86. The Bertz CT molecular complexity index is 1630. The minimum absolute atomic E-state index is 0.0267. The van der Waals surface area contributed by atoms with E-state index in [9.17, 15) is 13.5 Å². The van der Waals surface area contributed by atoms with Crippen LogP contribution in [0.2, 0.25) is 0 Å². The molecule has 0 amide bonds. The fourth-order valence-electron chi connectivity index (χ4n) is 4.73. The molecule has 0 radical (unpaired) electrons. The fraction of sp³-hybridized carbons (Fsp3) is 0.154. The molecule has 11 heteroatoms. The number of fused-ring (bicyclic) bond motifs is 1. The van der Waals surface area contributed by atoms with Gasteiger partial charge in [0.05, 0.1) is 22.0 Å². The highest BCUT2D eigenvalue weighted by Crippen LogP contribution is 2.38. The van der Waals surface area contributed by atoms with Crippen molar-refractivity contribution in [2.45, 2.75) is 24.5 Å². The van der Waals surface area contributed by atoms with Gasteiger partial charge in [0.1, 0.15) is 0 Å². The lowest BCUT2D eigenvalue weighted by molar-refractivity contribution is 0.166. The Labute approximate surface area is 214 Å². The number of primary sulfonamides is 1. The van der Waals surface area contributed by atoms with Crippen LogP contribution in [-0.4, -0.2) is 40.9 Å². The molecule has 10 nitrogen and oxygen atoms in total. The van der Waals surface area contributed by atoms with Crippen molar-refractivity contribution in [1.82, 2.24) is 9.78 Å². The molecule has 0 bridgehead atoms. The van der Waals surface area contributed by atoms with Gasteiger partial charge in [-0.3, -0.25) is 0 Å². The van der Waals surface area contributed by atoms with Crippen LogP contribution >= 0.6 is 0 Å². The number of aliphatic hydroxyl groups excluding tert-OH is 1. The molecular weight excluding hydrogens is 492 g/mol. The van der Waals surface area contributed by atoms with E-state index in [1.54, 1.807) is 41.1 Å². The van der Waals surface area contributed by atoms with Gasteiger partial charge in [0.15, 0.2) is 12.1 Å². The highest BCUT2D eigenvalue weighted by Gasteiger charge is 2.29. The van der Waals surface area contributed by atoms with E-state index >= 15 is 0 Å². The summed E-state index contributed by atoms with van der Waals surface area (Å²) in [5.74, 6) is -0.0267. The van der Waals surface area contributed by atoms with Crippen molar-refractivity contribution >= 4 is 21.5 Å². The van der Waals surface area contributed by atoms with E-state index in [1.165, 1.54) is 6.07 Å². The highest BCUT2D eigenvalue weighted by molar-refractivity contribution is 7.89. The summed E-state index contributed by atoms with van der Waals surface area (Å²) in [6.07, 6.45) is -0.332. The summed E-state index contributed by atoms with van der Waals surface area (Å²) in [4.78, 5) is 1.95. The standard InChI is InChI=1S/C26H26N6O4S/c1-16-13-23(32(29-16)20-6-4-5-19(15-20)25(27)30-34)26(33)31-12-11-18-14-17(9-10-22(18)31)21-7-2-3-8-24(21)37(28,35)36/h2-10,13-15,26,33-34H,11-12H2,1H3,(H2,27,30)(H2,28,35,36). The van der Waals surface area contributed by atoms with Crippen molar-refractivity contribution in [3.63, 3.8) is 0 Å². The quantitative estimate of drug-likeness (QED) is 0.132. The molecule has 0 spiro atoms. The van der Waals surface area contributed by atoms with Gasteiger partial charge in [-0.2, -0.15) is 5.10 Å². The number of aryl methyl sites for hydroxylation is 1. The van der Waals surface area contributed by atoms with E-state index in [-0.39, 0.29) is 10.7 Å². The Balaban J connectivity index is 1.50. The maximum Gasteiger partial charge on any atom is 0.238 e. The molecule has 4 aromatic rings. The van der Waals surface area contributed by atoms with Crippen molar-refractivity contribution in [2.24, 2.45) is 16.0 Å². The molecule has 3 aromatic carbocycles. The molecule has 1 aliphatic rings. The van der Waals surface area contributed by atoms with Crippen molar-refractivity contribution in [2.75, 3.05) is 11.4 Å². The monoisotopic (exact) mass is 518 g/mol. The molecule has 1 unspecified atom stereocenters. The van der Waals surface area contributed by atoms with Crippen molar-refractivity contribution < 1.29 is 18.7 Å². The van der Waals surface area contributed by atoms with Gasteiger partial charge in [0.2, 0.25) is 10.0 Å². The Morgan fingerprint density at radius 3 is 2.62 bits per heavy atom. The van der Waals surface area contributed by atoms with Gasteiger partial charge in [0.25, 0.3) is 0 Å². The highest BCUT2D eigenvalue weighted by atomic mass is 32.2. The Morgan fingerprint density at radius 1 is 1.08 bits per heavy atom. The molecule has 0 fully saturated rings. The maximum atomic E-state index is 12.1. The Hall–Kier alpha value is -4.19. The van der Waals surface area contributed by atoms with E-state index < -0.39 is 16.3 Å². The first-order valence-corrected chi connectivity index (χ1v) is 13.1. The van der Waals surface area contributed by atoms with Crippen molar-refractivity contribution in [3.8, 4) is 16.8 Å². The molecule has 37 heavy (non-hydrogen) atoms. The first-order chi connectivity index (χ1) is 17.7. The molecule has 0 saturated carbocycles. The van der Waals surface area contributed by atoms with Gasteiger partial charge < -0.3 is 20.9 Å². The number of sulfonamides is 1. The van der Waals surface area contributed by atoms with Crippen LogP contribution in [0.5, 0.6) is 0 Å². The lowest BCUT2D eigenvalue weighted by atomic mass is 10.0. The molecule has 0 saturated heterocycles. The van der Waals surface area contributed by atoms with E-state index in [0.29, 0.717) is 35.5 Å². The van der Waals surface area contributed by atoms with Crippen LogP contribution in [0.25, 0.3) is 16.8 Å². The van der Waals surface area contributed by atoms with Crippen LogP contribution in [0, 0.1) is 6.92 Å². The number of amidine groups is 1. The number of nitrogens with zero attached hydrogens (tertiary/aromatic N) is 4. The lowest BCUT2D eigenvalue weighted by Gasteiger charge is -2.26. The van der Waals surface area contributed by atoms with Gasteiger partial charge in [0, 0.05) is 23.4 Å². The van der Waals surface area contributed by atoms with Crippen LogP contribution in [-0.2, 0) is 16.4 Å². The number of aromatic nitrogens is 2. The fourth-order valence-corrected chi connectivity index (χ4v) is 5.49. The third-order valence-electron chi connectivity index (χ3n) is 6.43. The van der Waals surface area contributed by atoms with Crippen molar-refractivity contribution in [3.05, 3.63) is 95.3 Å². The number of oxime groups is 1. The van der Waals surface area contributed by atoms with Gasteiger partial charge in [-0.05, 0) is 60.9 Å². The summed E-state index contributed by atoms with van der Waals surface area (Å²) in [6.45, 7) is 2.40. The van der Waals surface area contributed by atoms with Crippen molar-refractivity contribution in [1.29, 1.82) is 0 Å². The van der Waals surface area contributed by atoms with Crippen LogP contribution in [0.15, 0.2) is 82.8 Å². The Morgan fingerprint density at radius 2 is 1.86 bits per heavy atom. The van der Waals surface area contributed by atoms with Gasteiger partial charge >= 0.3 is 0 Å². The number of rotatable bonds is 6. The maximum absolute atomic E-state index is 12.1. The summed E-state index contributed by atoms with van der Waals surface area (Å²) < 4.78 is 25.8. The number of benzene rings is 3. The smallest absolute Gasteiger partial charge is 0.238 e. The average Bonchev–Trinajstić information content (AvgIpc) is 3.50. The third-order valence-corrected chi connectivity index (χ3v) is 7.40. The van der Waals surface area contributed by atoms with Gasteiger partial charge in [-0.15, -0.1) is 0 Å². The molecule has 1 aliphatic heterocycles. The van der Waals surface area contributed by atoms with Gasteiger partial charge in [-0.25, -0.2) is 18.2 Å². The normalized spacial score (nSPS) is 14.6. The van der Waals surface area contributed by atoms with E-state index in [4.69, 9.17) is 16.1 Å². The van der Waals surface area contributed by atoms with Crippen LogP contribution in [0.3, 0.4) is 0 Å². The number of hydrogen-bond acceptors (Lipinski definition) is 7. The molecule has 1 atom stereocenters. The second kappa shape index (κ2) is 9.36. The largest absolute Gasteiger partial charge is 0.409 e. The first kappa shape index (κ1) is 24.5. The number of aliphatic hydroxyl groups is 1. The summed E-state index contributed by atoms with van der Waals surface area (Å²) in [5.41, 5.74) is 11.3. The summed E-state index contributed by atoms with van der Waals surface area (Å²) in [7, 11) is -3.88. The Kier molecular flexibility index (Phi) is 6.20. The lowest BCUT2D eigenvalue weighted by Crippen LogP contribution is -2.28. The number of anilines is 1. The minimum atomic E-state index is -3.88. The van der Waals surface area contributed by atoms with E-state index in [0.717, 1.165) is 22.5 Å². The average molecular weight is 519 g/mol. The molecule has 0 aliphatic carbocycles. The third kappa shape index (κ3) is 4.55. The predicted octanol–water partition coefficient (Wildman–Crippen LogP) is 2.64. The summed E-state index contributed by atoms with van der Waals surface area (Å²) in [5, 5.41) is 33.6. The zero-order chi connectivity index (χ0) is 26.3.